The molecule has 0 aliphatic rings. The van der Waals surface area contributed by atoms with Crippen LogP contribution >= 0.6 is 0 Å². The van der Waals surface area contributed by atoms with E-state index in [0.29, 0.717) is 5.76 Å². The standard InChI is InChI=1S/C21H24O2/c1-15-6-10-17(11-7-15)14-19(23-20(22)21(3,4)5)18-12-8-16(2)9-13-18/h6-14H,1-5H3/b19-14-. The number of aryl methyl sites for hydroxylation is 2. The molecule has 0 amide bonds. The van der Waals surface area contributed by atoms with Gasteiger partial charge in [0.05, 0.1) is 5.41 Å². The van der Waals surface area contributed by atoms with Gasteiger partial charge >= 0.3 is 5.97 Å². The highest BCUT2D eigenvalue weighted by molar-refractivity contribution is 5.87. The number of hydrogen-bond donors (Lipinski definition) is 0. The molecular weight excluding hydrogens is 284 g/mol. The monoisotopic (exact) mass is 308 g/mol. The zero-order chi connectivity index (χ0) is 17.0. The van der Waals surface area contributed by atoms with E-state index < -0.39 is 5.41 Å². The first-order valence-electron chi connectivity index (χ1n) is 7.83. The van der Waals surface area contributed by atoms with Crippen LogP contribution in [0.4, 0.5) is 0 Å². The van der Waals surface area contributed by atoms with Crippen LogP contribution in [0.25, 0.3) is 11.8 Å². The molecule has 0 radical (unpaired) electrons. The first-order chi connectivity index (χ1) is 10.8. The second-order valence-electron chi connectivity index (χ2n) is 6.92. The summed E-state index contributed by atoms with van der Waals surface area (Å²) < 4.78 is 5.70. The van der Waals surface area contributed by atoms with E-state index in [1.165, 1.54) is 11.1 Å². The van der Waals surface area contributed by atoms with E-state index in [9.17, 15) is 4.79 Å². The molecule has 0 fully saturated rings. The second-order valence-corrected chi connectivity index (χ2v) is 6.92. The molecule has 2 aromatic rings. The Labute approximate surface area is 138 Å². The van der Waals surface area contributed by atoms with Gasteiger partial charge in [0, 0.05) is 5.56 Å². The number of carbonyl (C=O) groups is 1. The number of esters is 1. The summed E-state index contributed by atoms with van der Waals surface area (Å²) in [4.78, 5) is 12.3. The summed E-state index contributed by atoms with van der Waals surface area (Å²) in [6.07, 6.45) is 1.91. The molecule has 2 nitrogen and oxygen atoms in total. The molecule has 0 heterocycles. The molecule has 0 aliphatic carbocycles. The Hall–Kier alpha value is -2.35. The van der Waals surface area contributed by atoms with Crippen molar-refractivity contribution in [1.82, 2.24) is 0 Å². The van der Waals surface area contributed by atoms with Gasteiger partial charge in [0.1, 0.15) is 5.76 Å². The number of ether oxygens (including phenoxy) is 1. The predicted octanol–water partition coefficient (Wildman–Crippen LogP) is 5.39. The van der Waals surface area contributed by atoms with Crippen molar-refractivity contribution in [2.24, 2.45) is 5.41 Å². The third-order valence-electron chi connectivity index (χ3n) is 3.53. The van der Waals surface area contributed by atoms with Gasteiger partial charge in [-0.1, -0.05) is 59.7 Å². The first kappa shape index (κ1) is 17.0. The van der Waals surface area contributed by atoms with E-state index in [4.69, 9.17) is 4.74 Å². The first-order valence-corrected chi connectivity index (χ1v) is 7.83. The van der Waals surface area contributed by atoms with E-state index in [2.05, 4.69) is 0 Å². The number of benzene rings is 2. The molecule has 2 aromatic carbocycles. The van der Waals surface area contributed by atoms with Crippen LogP contribution in [0.1, 0.15) is 43.0 Å². The molecule has 0 atom stereocenters. The second kappa shape index (κ2) is 6.82. The zero-order valence-electron chi connectivity index (χ0n) is 14.5. The van der Waals surface area contributed by atoms with Crippen LogP contribution in [0.3, 0.4) is 0 Å². The van der Waals surface area contributed by atoms with E-state index >= 15 is 0 Å². The molecule has 2 heteroatoms. The predicted molar refractivity (Wildman–Crippen MR) is 95.8 cm³/mol. The maximum absolute atomic E-state index is 12.3. The maximum Gasteiger partial charge on any atom is 0.316 e. The Balaban J connectivity index is 2.40. The highest BCUT2D eigenvalue weighted by Crippen LogP contribution is 2.25. The number of carbonyl (C=O) groups excluding carboxylic acids is 1. The molecule has 2 rings (SSSR count). The van der Waals surface area contributed by atoms with Gasteiger partial charge in [0.2, 0.25) is 0 Å². The average molecular weight is 308 g/mol. The molecule has 0 aromatic heterocycles. The summed E-state index contributed by atoms with van der Waals surface area (Å²) in [5.41, 5.74) is 3.73. The maximum atomic E-state index is 12.3. The van der Waals surface area contributed by atoms with Crippen LogP contribution < -0.4 is 0 Å². The lowest BCUT2D eigenvalue weighted by molar-refractivity contribution is -0.145. The molecule has 0 bridgehead atoms. The molecule has 0 saturated carbocycles. The summed E-state index contributed by atoms with van der Waals surface area (Å²) in [7, 11) is 0. The summed E-state index contributed by atoms with van der Waals surface area (Å²) in [5, 5.41) is 0. The minimum absolute atomic E-state index is 0.239. The van der Waals surface area contributed by atoms with Gasteiger partial charge in [-0.3, -0.25) is 4.79 Å². The summed E-state index contributed by atoms with van der Waals surface area (Å²) in [6, 6.07) is 16.1. The Morgan fingerprint density at radius 2 is 1.35 bits per heavy atom. The van der Waals surface area contributed by atoms with Crippen molar-refractivity contribution in [1.29, 1.82) is 0 Å². The number of hydrogen-bond acceptors (Lipinski definition) is 2. The Bertz CT molecular complexity index is 699. The summed E-state index contributed by atoms with van der Waals surface area (Å²) in [6.45, 7) is 9.65. The largest absolute Gasteiger partial charge is 0.425 e. The fraction of sp³-hybridized carbons (Fsp3) is 0.286. The van der Waals surface area contributed by atoms with E-state index in [1.54, 1.807) is 0 Å². The van der Waals surface area contributed by atoms with Crippen molar-refractivity contribution in [3.63, 3.8) is 0 Å². The lowest BCUT2D eigenvalue weighted by atomic mass is 9.97. The van der Waals surface area contributed by atoms with Gasteiger partial charge in [0.15, 0.2) is 0 Å². The molecule has 0 N–H and O–H groups in total. The third kappa shape index (κ3) is 4.82. The van der Waals surface area contributed by atoms with E-state index in [0.717, 1.165) is 11.1 Å². The molecule has 0 aliphatic heterocycles. The van der Waals surface area contributed by atoms with Crippen LogP contribution in [-0.4, -0.2) is 5.97 Å². The minimum Gasteiger partial charge on any atom is -0.425 e. The Morgan fingerprint density at radius 3 is 1.83 bits per heavy atom. The fourth-order valence-corrected chi connectivity index (χ4v) is 1.96. The molecular formula is C21H24O2. The normalized spacial score (nSPS) is 12.1. The minimum atomic E-state index is -0.545. The quantitative estimate of drug-likeness (QED) is 0.431. The molecule has 0 spiro atoms. The molecule has 0 unspecified atom stereocenters. The van der Waals surface area contributed by atoms with Crippen LogP contribution in [0.2, 0.25) is 0 Å². The van der Waals surface area contributed by atoms with Gasteiger partial charge in [-0.25, -0.2) is 0 Å². The lowest BCUT2D eigenvalue weighted by Gasteiger charge is -2.18. The van der Waals surface area contributed by atoms with Crippen LogP contribution in [0, 0.1) is 19.3 Å². The van der Waals surface area contributed by atoms with Gasteiger partial charge in [-0.05, 0) is 46.3 Å². The lowest BCUT2D eigenvalue weighted by Crippen LogP contribution is -2.22. The third-order valence-corrected chi connectivity index (χ3v) is 3.53. The van der Waals surface area contributed by atoms with Crippen molar-refractivity contribution in [2.45, 2.75) is 34.6 Å². The van der Waals surface area contributed by atoms with Gasteiger partial charge in [-0.15, -0.1) is 0 Å². The molecule has 120 valence electrons. The molecule has 0 saturated heterocycles. The van der Waals surface area contributed by atoms with Crippen LogP contribution in [-0.2, 0) is 9.53 Å². The molecule has 23 heavy (non-hydrogen) atoms. The highest BCUT2D eigenvalue weighted by atomic mass is 16.5. The topological polar surface area (TPSA) is 26.3 Å². The van der Waals surface area contributed by atoms with Crippen molar-refractivity contribution < 1.29 is 9.53 Å². The SMILES string of the molecule is Cc1ccc(/C=C(\OC(=O)C(C)(C)C)c2ccc(C)cc2)cc1. The van der Waals surface area contributed by atoms with Crippen molar-refractivity contribution >= 4 is 17.8 Å². The summed E-state index contributed by atoms with van der Waals surface area (Å²) in [5.74, 6) is 0.338. The van der Waals surface area contributed by atoms with Gasteiger partial charge in [-0.2, -0.15) is 0 Å². The van der Waals surface area contributed by atoms with Crippen LogP contribution in [0.15, 0.2) is 48.5 Å². The van der Waals surface area contributed by atoms with Crippen LogP contribution in [0.5, 0.6) is 0 Å². The Morgan fingerprint density at radius 1 is 0.870 bits per heavy atom. The number of rotatable bonds is 3. The van der Waals surface area contributed by atoms with E-state index in [-0.39, 0.29) is 5.97 Å². The fourth-order valence-electron chi connectivity index (χ4n) is 1.96. The Kier molecular flexibility index (Phi) is 5.05. The highest BCUT2D eigenvalue weighted by Gasteiger charge is 2.24. The summed E-state index contributed by atoms with van der Waals surface area (Å²) >= 11 is 0. The van der Waals surface area contributed by atoms with Crippen molar-refractivity contribution in [3.05, 3.63) is 70.8 Å². The van der Waals surface area contributed by atoms with Gasteiger partial charge < -0.3 is 4.74 Å². The smallest absolute Gasteiger partial charge is 0.316 e. The zero-order valence-corrected chi connectivity index (χ0v) is 14.5. The van der Waals surface area contributed by atoms with E-state index in [1.807, 2.05) is 89.2 Å². The van der Waals surface area contributed by atoms with Crippen molar-refractivity contribution in [3.8, 4) is 0 Å². The average Bonchev–Trinajstić information content (AvgIpc) is 2.48. The van der Waals surface area contributed by atoms with Gasteiger partial charge in [0.25, 0.3) is 0 Å². The van der Waals surface area contributed by atoms with Crippen molar-refractivity contribution in [2.75, 3.05) is 0 Å².